The minimum atomic E-state index is -0.159. The fraction of sp³-hybridized carbons (Fsp3) is 0.333. The molecule has 8 nitrogen and oxygen atoms in total. The largest absolute Gasteiger partial charge is 0.352 e. The third-order valence-corrected chi connectivity index (χ3v) is 5.37. The Morgan fingerprint density at radius 3 is 2.41 bits per heavy atom. The number of nitrogens with zero attached hydrogens (tertiary/aromatic N) is 6. The summed E-state index contributed by atoms with van der Waals surface area (Å²) in [6.45, 7) is 4.77. The lowest BCUT2D eigenvalue weighted by Gasteiger charge is -2.35. The molecule has 2 aromatic heterocycles. The van der Waals surface area contributed by atoms with E-state index in [1.807, 2.05) is 36.1 Å². The quantitative estimate of drug-likeness (QED) is 0.673. The topological polar surface area (TPSA) is 87.2 Å². The molecule has 0 spiro atoms. The average molecular weight is 390 g/mol. The summed E-state index contributed by atoms with van der Waals surface area (Å²) >= 11 is 0. The van der Waals surface area contributed by atoms with E-state index >= 15 is 0 Å². The first kappa shape index (κ1) is 18.7. The van der Waals surface area contributed by atoms with Crippen molar-refractivity contribution in [1.29, 1.82) is 5.26 Å². The standard InChI is InChI=1S/C21H22N6O2/c1-2-26-17-7-3-4-8-18(17)27(21(26)29)15-19(28)24-10-12-25(13-11-24)20-16(14-22)6-5-9-23-20/h3-9H,2,10-13,15H2,1H3. The molecule has 0 bridgehead atoms. The molecular weight excluding hydrogens is 368 g/mol. The van der Waals surface area contributed by atoms with Crippen molar-refractivity contribution in [1.82, 2.24) is 19.0 Å². The average Bonchev–Trinajstić information content (AvgIpc) is 3.04. The summed E-state index contributed by atoms with van der Waals surface area (Å²) in [5.74, 6) is 0.580. The second kappa shape index (κ2) is 7.80. The summed E-state index contributed by atoms with van der Waals surface area (Å²) in [7, 11) is 0. The van der Waals surface area contributed by atoms with Crippen LogP contribution in [0.1, 0.15) is 12.5 Å². The SMILES string of the molecule is CCn1c(=O)n(CC(=O)N2CCN(c3ncccc3C#N)CC2)c2ccccc21. The molecule has 0 N–H and O–H groups in total. The fourth-order valence-electron chi connectivity index (χ4n) is 3.87. The zero-order valence-corrected chi connectivity index (χ0v) is 16.3. The number of anilines is 1. The van der Waals surface area contributed by atoms with Gasteiger partial charge in [0.2, 0.25) is 5.91 Å². The highest BCUT2D eigenvalue weighted by molar-refractivity contribution is 5.81. The van der Waals surface area contributed by atoms with Crippen molar-refractivity contribution in [2.45, 2.75) is 20.0 Å². The van der Waals surface area contributed by atoms with E-state index in [0.29, 0.717) is 44.1 Å². The number of carbonyl (C=O) groups excluding carboxylic acids is 1. The molecular formula is C21H22N6O2. The number of piperazine rings is 1. The van der Waals surface area contributed by atoms with Crippen molar-refractivity contribution >= 4 is 22.8 Å². The number of hydrogen-bond acceptors (Lipinski definition) is 5. The molecule has 0 radical (unpaired) electrons. The van der Waals surface area contributed by atoms with E-state index in [1.165, 1.54) is 0 Å². The van der Waals surface area contributed by atoms with E-state index in [1.54, 1.807) is 32.4 Å². The highest BCUT2D eigenvalue weighted by atomic mass is 16.2. The number of aromatic nitrogens is 3. The number of hydrogen-bond donors (Lipinski definition) is 0. The van der Waals surface area contributed by atoms with Gasteiger partial charge in [0, 0.05) is 38.9 Å². The van der Waals surface area contributed by atoms with Gasteiger partial charge in [-0.05, 0) is 31.2 Å². The minimum absolute atomic E-state index is 0.0272. The summed E-state index contributed by atoms with van der Waals surface area (Å²) in [5, 5.41) is 9.27. The first-order chi connectivity index (χ1) is 14.1. The van der Waals surface area contributed by atoms with Crippen molar-refractivity contribution in [3.8, 4) is 6.07 Å². The van der Waals surface area contributed by atoms with Gasteiger partial charge in [0.05, 0.1) is 16.6 Å². The molecule has 0 aliphatic carbocycles. The van der Waals surface area contributed by atoms with Crippen molar-refractivity contribution in [3.63, 3.8) is 0 Å². The lowest BCUT2D eigenvalue weighted by molar-refractivity contribution is -0.132. The molecule has 0 unspecified atom stereocenters. The van der Waals surface area contributed by atoms with Gasteiger partial charge in [-0.15, -0.1) is 0 Å². The van der Waals surface area contributed by atoms with Crippen molar-refractivity contribution < 1.29 is 4.79 Å². The summed E-state index contributed by atoms with van der Waals surface area (Å²) in [6.07, 6.45) is 1.67. The number of rotatable bonds is 4. The van der Waals surface area contributed by atoms with Crippen LogP contribution < -0.4 is 10.6 Å². The molecule has 8 heteroatoms. The zero-order chi connectivity index (χ0) is 20.4. The lowest BCUT2D eigenvalue weighted by Crippen LogP contribution is -2.50. The Hall–Kier alpha value is -3.60. The Morgan fingerprint density at radius 1 is 1.07 bits per heavy atom. The number of pyridine rings is 1. The van der Waals surface area contributed by atoms with Crippen LogP contribution in [0.25, 0.3) is 11.0 Å². The van der Waals surface area contributed by atoms with E-state index in [9.17, 15) is 14.9 Å². The van der Waals surface area contributed by atoms with Crippen molar-refractivity contribution in [2.24, 2.45) is 0 Å². The molecule has 0 saturated carbocycles. The Kier molecular flexibility index (Phi) is 5.04. The molecule has 148 valence electrons. The smallest absolute Gasteiger partial charge is 0.329 e. The molecule has 3 aromatic rings. The van der Waals surface area contributed by atoms with Gasteiger partial charge >= 0.3 is 5.69 Å². The van der Waals surface area contributed by atoms with Crippen LogP contribution in [0, 0.1) is 11.3 Å². The fourth-order valence-corrected chi connectivity index (χ4v) is 3.87. The van der Waals surface area contributed by atoms with Gasteiger partial charge in [-0.1, -0.05) is 12.1 Å². The maximum absolute atomic E-state index is 12.9. The Morgan fingerprint density at radius 2 is 1.76 bits per heavy atom. The predicted octanol–water partition coefficient (Wildman–Crippen LogP) is 1.44. The number of para-hydroxylation sites is 2. The van der Waals surface area contributed by atoms with Gasteiger partial charge in [0.1, 0.15) is 18.4 Å². The van der Waals surface area contributed by atoms with Crippen LogP contribution in [-0.2, 0) is 17.9 Å². The summed E-state index contributed by atoms with van der Waals surface area (Å²) in [4.78, 5) is 33.8. The number of amides is 1. The second-order valence-corrected chi connectivity index (χ2v) is 6.96. The van der Waals surface area contributed by atoms with E-state index in [-0.39, 0.29) is 18.1 Å². The van der Waals surface area contributed by atoms with Crippen LogP contribution in [0.15, 0.2) is 47.4 Å². The zero-order valence-electron chi connectivity index (χ0n) is 16.3. The Balaban J connectivity index is 1.49. The molecule has 1 amide bonds. The summed E-state index contributed by atoms with van der Waals surface area (Å²) in [5.41, 5.74) is 1.99. The highest BCUT2D eigenvalue weighted by Gasteiger charge is 2.24. The molecule has 1 fully saturated rings. The summed E-state index contributed by atoms with van der Waals surface area (Å²) < 4.78 is 3.24. The van der Waals surface area contributed by atoms with Crippen LogP contribution in [0.2, 0.25) is 0 Å². The van der Waals surface area contributed by atoms with E-state index in [2.05, 4.69) is 11.1 Å². The van der Waals surface area contributed by atoms with Crippen LogP contribution in [-0.4, -0.2) is 51.1 Å². The van der Waals surface area contributed by atoms with Crippen LogP contribution >= 0.6 is 0 Å². The van der Waals surface area contributed by atoms with Crippen LogP contribution in [0.4, 0.5) is 5.82 Å². The van der Waals surface area contributed by atoms with E-state index in [0.717, 1.165) is 11.0 Å². The van der Waals surface area contributed by atoms with Gasteiger partial charge in [0.25, 0.3) is 0 Å². The molecule has 1 saturated heterocycles. The molecule has 3 heterocycles. The van der Waals surface area contributed by atoms with Gasteiger partial charge in [-0.25, -0.2) is 9.78 Å². The number of carbonyl (C=O) groups is 1. The lowest BCUT2D eigenvalue weighted by atomic mass is 10.2. The number of benzene rings is 1. The molecule has 1 aromatic carbocycles. The third kappa shape index (κ3) is 3.36. The van der Waals surface area contributed by atoms with Crippen LogP contribution in [0.3, 0.4) is 0 Å². The second-order valence-electron chi connectivity index (χ2n) is 6.96. The van der Waals surface area contributed by atoms with Crippen molar-refractivity contribution in [2.75, 3.05) is 31.1 Å². The summed E-state index contributed by atoms with van der Waals surface area (Å²) in [6, 6.07) is 13.2. The monoisotopic (exact) mass is 390 g/mol. The Labute approximate surface area is 168 Å². The number of fused-ring (bicyclic) bond motifs is 1. The highest BCUT2D eigenvalue weighted by Crippen LogP contribution is 2.18. The molecule has 0 atom stereocenters. The molecule has 29 heavy (non-hydrogen) atoms. The van der Waals surface area contributed by atoms with E-state index < -0.39 is 0 Å². The number of aryl methyl sites for hydroxylation is 1. The first-order valence-electron chi connectivity index (χ1n) is 9.70. The number of imidazole rings is 1. The maximum Gasteiger partial charge on any atom is 0.329 e. The molecule has 1 aliphatic rings. The molecule has 1 aliphatic heterocycles. The number of nitriles is 1. The minimum Gasteiger partial charge on any atom is -0.352 e. The van der Waals surface area contributed by atoms with Gasteiger partial charge in [0.15, 0.2) is 0 Å². The van der Waals surface area contributed by atoms with Gasteiger partial charge in [-0.3, -0.25) is 13.9 Å². The predicted molar refractivity (Wildman–Crippen MR) is 110 cm³/mol. The van der Waals surface area contributed by atoms with Gasteiger partial charge in [-0.2, -0.15) is 5.26 Å². The van der Waals surface area contributed by atoms with Crippen molar-refractivity contribution in [3.05, 3.63) is 58.6 Å². The van der Waals surface area contributed by atoms with E-state index in [4.69, 9.17) is 0 Å². The Bertz CT molecular complexity index is 1150. The maximum atomic E-state index is 12.9. The molecule has 4 rings (SSSR count). The van der Waals surface area contributed by atoms with Crippen LogP contribution in [0.5, 0.6) is 0 Å². The van der Waals surface area contributed by atoms with Gasteiger partial charge < -0.3 is 9.80 Å². The normalized spacial score (nSPS) is 14.2. The third-order valence-electron chi connectivity index (χ3n) is 5.37. The first-order valence-corrected chi connectivity index (χ1v) is 9.70.